The molecule has 0 fully saturated rings. The van der Waals surface area contributed by atoms with Gasteiger partial charge in [0.05, 0.1) is 7.11 Å². The molecule has 0 atom stereocenters. The van der Waals surface area contributed by atoms with Gasteiger partial charge in [-0.25, -0.2) is 4.79 Å². The van der Waals surface area contributed by atoms with Crippen LogP contribution in [0.4, 0.5) is 4.79 Å². The first-order chi connectivity index (χ1) is 12.2. The monoisotopic (exact) mass is 342 g/mol. The van der Waals surface area contributed by atoms with E-state index in [2.05, 4.69) is 5.32 Å². The Morgan fingerprint density at radius 1 is 1.16 bits per heavy atom. The van der Waals surface area contributed by atoms with Crippen molar-refractivity contribution >= 4 is 6.03 Å². The summed E-state index contributed by atoms with van der Waals surface area (Å²) in [6, 6.07) is 13.4. The van der Waals surface area contributed by atoms with Crippen molar-refractivity contribution in [3.8, 4) is 17.2 Å². The van der Waals surface area contributed by atoms with Gasteiger partial charge in [-0.05, 0) is 41.8 Å². The van der Waals surface area contributed by atoms with Crippen LogP contribution in [0.15, 0.2) is 42.5 Å². The molecule has 0 aliphatic carbocycles. The lowest BCUT2D eigenvalue weighted by atomic mass is 10.1. The Morgan fingerprint density at radius 3 is 2.84 bits per heavy atom. The Morgan fingerprint density at radius 2 is 2.00 bits per heavy atom. The van der Waals surface area contributed by atoms with Crippen LogP contribution in [0, 0.1) is 0 Å². The van der Waals surface area contributed by atoms with Crippen molar-refractivity contribution in [2.75, 3.05) is 27.5 Å². The van der Waals surface area contributed by atoms with E-state index in [0.29, 0.717) is 13.1 Å². The van der Waals surface area contributed by atoms with Crippen molar-refractivity contribution < 1.29 is 19.0 Å². The highest BCUT2D eigenvalue weighted by atomic mass is 16.7. The number of methoxy groups -OCH3 is 1. The Hall–Kier alpha value is -2.89. The van der Waals surface area contributed by atoms with E-state index >= 15 is 0 Å². The third-order valence-electron chi connectivity index (χ3n) is 4.03. The maximum atomic E-state index is 12.2. The number of ether oxygens (including phenoxy) is 3. The van der Waals surface area contributed by atoms with Crippen LogP contribution in [0.25, 0.3) is 0 Å². The number of benzene rings is 2. The van der Waals surface area contributed by atoms with Gasteiger partial charge in [-0.1, -0.05) is 18.2 Å². The number of fused-ring (bicyclic) bond motifs is 1. The normalized spacial score (nSPS) is 11.9. The molecular weight excluding hydrogens is 320 g/mol. The molecule has 0 aromatic heterocycles. The number of nitrogens with zero attached hydrogens (tertiary/aromatic N) is 1. The molecule has 2 aromatic carbocycles. The van der Waals surface area contributed by atoms with Crippen molar-refractivity contribution in [2.45, 2.75) is 13.0 Å². The first-order valence-corrected chi connectivity index (χ1v) is 8.16. The molecule has 2 amide bonds. The van der Waals surface area contributed by atoms with Crippen LogP contribution in [0.2, 0.25) is 0 Å². The van der Waals surface area contributed by atoms with Gasteiger partial charge in [0.25, 0.3) is 0 Å². The van der Waals surface area contributed by atoms with Crippen molar-refractivity contribution in [1.29, 1.82) is 0 Å². The summed E-state index contributed by atoms with van der Waals surface area (Å²) < 4.78 is 15.9. The Labute approximate surface area is 147 Å². The van der Waals surface area contributed by atoms with Crippen molar-refractivity contribution in [3.05, 3.63) is 53.6 Å². The minimum atomic E-state index is -0.111. The molecule has 0 bridgehead atoms. The van der Waals surface area contributed by atoms with E-state index in [9.17, 15) is 4.79 Å². The summed E-state index contributed by atoms with van der Waals surface area (Å²) >= 11 is 0. The Balaban J connectivity index is 1.47. The third-order valence-corrected chi connectivity index (χ3v) is 4.03. The molecule has 0 radical (unpaired) electrons. The molecule has 0 spiro atoms. The van der Waals surface area contributed by atoms with E-state index in [1.54, 1.807) is 19.1 Å². The number of urea groups is 1. The van der Waals surface area contributed by atoms with Crippen LogP contribution < -0.4 is 19.5 Å². The smallest absolute Gasteiger partial charge is 0.317 e. The SMILES string of the molecule is COc1cccc(CCNC(=O)N(C)Cc2ccc3c(c2)OCO3)c1. The molecule has 0 saturated heterocycles. The van der Waals surface area contributed by atoms with E-state index < -0.39 is 0 Å². The average Bonchev–Trinajstić information content (AvgIpc) is 3.09. The minimum absolute atomic E-state index is 0.111. The molecule has 2 aromatic rings. The molecule has 0 saturated carbocycles. The lowest BCUT2D eigenvalue weighted by Crippen LogP contribution is -2.37. The number of carbonyl (C=O) groups is 1. The summed E-state index contributed by atoms with van der Waals surface area (Å²) in [6.07, 6.45) is 0.751. The highest BCUT2D eigenvalue weighted by Gasteiger charge is 2.15. The van der Waals surface area contributed by atoms with Gasteiger partial charge in [-0.3, -0.25) is 0 Å². The highest BCUT2D eigenvalue weighted by Crippen LogP contribution is 2.32. The van der Waals surface area contributed by atoms with E-state index in [-0.39, 0.29) is 12.8 Å². The van der Waals surface area contributed by atoms with Gasteiger partial charge >= 0.3 is 6.03 Å². The summed E-state index contributed by atoms with van der Waals surface area (Å²) in [6.45, 7) is 1.32. The number of nitrogens with one attached hydrogen (secondary N) is 1. The van der Waals surface area contributed by atoms with Crippen molar-refractivity contribution in [3.63, 3.8) is 0 Å². The lowest BCUT2D eigenvalue weighted by molar-refractivity contribution is 0.174. The first kappa shape index (κ1) is 17.0. The number of rotatable bonds is 6. The summed E-state index contributed by atoms with van der Waals surface area (Å²) in [5, 5.41) is 2.93. The fourth-order valence-corrected chi connectivity index (χ4v) is 2.66. The third kappa shape index (κ3) is 4.35. The number of hydrogen-bond donors (Lipinski definition) is 1. The predicted octanol–water partition coefficient (Wildman–Crippen LogP) is 2.81. The Kier molecular flexibility index (Phi) is 5.28. The molecular formula is C19H22N2O4. The zero-order valence-electron chi connectivity index (χ0n) is 14.5. The summed E-state index contributed by atoms with van der Waals surface area (Å²) in [4.78, 5) is 13.9. The fraction of sp³-hybridized carbons (Fsp3) is 0.316. The predicted molar refractivity (Wildman–Crippen MR) is 94.1 cm³/mol. The zero-order valence-corrected chi connectivity index (χ0v) is 14.5. The van der Waals surface area contributed by atoms with E-state index in [1.807, 2.05) is 42.5 Å². The Bertz CT molecular complexity index is 748. The van der Waals surface area contributed by atoms with Crippen LogP contribution in [0.1, 0.15) is 11.1 Å². The molecule has 6 nitrogen and oxygen atoms in total. The maximum Gasteiger partial charge on any atom is 0.317 e. The second-order valence-corrected chi connectivity index (χ2v) is 5.88. The molecule has 25 heavy (non-hydrogen) atoms. The van der Waals surface area contributed by atoms with Crippen LogP contribution in [0.3, 0.4) is 0 Å². The van der Waals surface area contributed by atoms with Gasteiger partial charge in [0.2, 0.25) is 6.79 Å². The van der Waals surface area contributed by atoms with Gasteiger partial charge in [0.15, 0.2) is 11.5 Å². The largest absolute Gasteiger partial charge is 0.497 e. The first-order valence-electron chi connectivity index (χ1n) is 8.16. The van der Waals surface area contributed by atoms with E-state index in [1.165, 1.54) is 0 Å². The number of hydrogen-bond acceptors (Lipinski definition) is 4. The van der Waals surface area contributed by atoms with Crippen LogP contribution >= 0.6 is 0 Å². The van der Waals surface area contributed by atoms with Gasteiger partial charge in [0.1, 0.15) is 5.75 Å². The molecule has 1 heterocycles. The molecule has 0 unspecified atom stereocenters. The van der Waals surface area contributed by atoms with E-state index in [0.717, 1.165) is 34.8 Å². The van der Waals surface area contributed by atoms with Crippen LogP contribution in [-0.4, -0.2) is 38.4 Å². The topological polar surface area (TPSA) is 60.0 Å². The van der Waals surface area contributed by atoms with Crippen molar-refractivity contribution in [1.82, 2.24) is 10.2 Å². The second-order valence-electron chi connectivity index (χ2n) is 5.88. The van der Waals surface area contributed by atoms with Crippen LogP contribution in [0.5, 0.6) is 17.2 Å². The summed E-state index contributed by atoms with van der Waals surface area (Å²) in [5.41, 5.74) is 2.12. The fourth-order valence-electron chi connectivity index (χ4n) is 2.66. The van der Waals surface area contributed by atoms with Gasteiger partial charge in [-0.15, -0.1) is 0 Å². The average molecular weight is 342 g/mol. The molecule has 132 valence electrons. The summed E-state index contributed by atoms with van der Waals surface area (Å²) in [5.74, 6) is 2.29. The molecule has 3 rings (SSSR count). The quantitative estimate of drug-likeness (QED) is 0.877. The van der Waals surface area contributed by atoms with Gasteiger partial charge in [0, 0.05) is 20.1 Å². The number of amides is 2. The van der Waals surface area contributed by atoms with Crippen LogP contribution in [-0.2, 0) is 13.0 Å². The maximum absolute atomic E-state index is 12.2. The standard InChI is InChI=1S/C19H22N2O4/c1-21(12-15-6-7-17-18(11-15)25-13-24-17)19(22)20-9-8-14-4-3-5-16(10-14)23-2/h3-7,10-11H,8-9,12-13H2,1-2H3,(H,20,22). The second kappa shape index (κ2) is 7.79. The summed E-state index contributed by atoms with van der Waals surface area (Å²) in [7, 11) is 3.41. The van der Waals surface area contributed by atoms with Gasteiger partial charge < -0.3 is 24.4 Å². The molecule has 6 heteroatoms. The van der Waals surface area contributed by atoms with Gasteiger partial charge in [-0.2, -0.15) is 0 Å². The minimum Gasteiger partial charge on any atom is -0.497 e. The molecule has 1 aliphatic rings. The van der Waals surface area contributed by atoms with E-state index in [4.69, 9.17) is 14.2 Å². The number of carbonyl (C=O) groups excluding carboxylic acids is 1. The molecule has 1 N–H and O–H groups in total. The van der Waals surface area contributed by atoms with Crippen molar-refractivity contribution in [2.24, 2.45) is 0 Å². The lowest BCUT2D eigenvalue weighted by Gasteiger charge is -2.18. The molecule has 1 aliphatic heterocycles. The highest BCUT2D eigenvalue weighted by molar-refractivity contribution is 5.73. The zero-order chi connectivity index (χ0) is 17.6.